The Hall–Kier alpha value is -3.28. The molecule has 0 unspecified atom stereocenters. The third kappa shape index (κ3) is 5.26. The fourth-order valence-corrected chi connectivity index (χ4v) is 3.58. The zero-order valence-electron chi connectivity index (χ0n) is 16.8. The minimum Gasteiger partial charge on any atom is -0.471 e. The van der Waals surface area contributed by atoms with E-state index >= 15 is 0 Å². The van der Waals surface area contributed by atoms with Crippen LogP contribution in [0.4, 0.5) is 29.3 Å². The van der Waals surface area contributed by atoms with Gasteiger partial charge in [0.2, 0.25) is 5.88 Å². The number of nitrogens with zero attached hydrogens (tertiary/aromatic N) is 3. The van der Waals surface area contributed by atoms with Crippen molar-refractivity contribution in [3.63, 3.8) is 0 Å². The van der Waals surface area contributed by atoms with E-state index in [1.165, 1.54) is 24.5 Å². The van der Waals surface area contributed by atoms with Gasteiger partial charge in [0.15, 0.2) is 0 Å². The van der Waals surface area contributed by atoms with Crippen molar-refractivity contribution in [3.05, 3.63) is 34.6 Å². The number of anilines is 2. The molecule has 0 fully saturated rings. The third-order valence-corrected chi connectivity index (χ3v) is 4.96. The van der Waals surface area contributed by atoms with Gasteiger partial charge in [-0.15, -0.1) is 0 Å². The molecule has 0 atom stereocenters. The SMILES string of the molecule is CCc1c(NC(=O)Nc2cnc(OCC(C)=N)c(C(F)(F)F)c2)cnc2sc(C)nc12. The molecule has 3 aromatic rings. The lowest BCUT2D eigenvalue weighted by Gasteiger charge is -2.15. The number of hydrogen-bond acceptors (Lipinski definition) is 7. The number of aromatic nitrogens is 3. The van der Waals surface area contributed by atoms with Crippen molar-refractivity contribution in [1.29, 1.82) is 5.41 Å². The number of fused-ring (bicyclic) bond motifs is 1. The zero-order valence-corrected chi connectivity index (χ0v) is 17.7. The molecule has 3 N–H and O–H groups in total. The van der Waals surface area contributed by atoms with Crippen molar-refractivity contribution in [2.75, 3.05) is 17.2 Å². The number of thiazole rings is 1. The van der Waals surface area contributed by atoms with Crippen LogP contribution < -0.4 is 15.4 Å². The number of urea groups is 1. The van der Waals surface area contributed by atoms with E-state index in [4.69, 9.17) is 10.1 Å². The van der Waals surface area contributed by atoms with E-state index in [1.807, 2.05) is 13.8 Å². The molecule has 0 saturated carbocycles. The first kappa shape index (κ1) is 22.4. The number of nitrogens with one attached hydrogen (secondary N) is 3. The number of pyridine rings is 2. The van der Waals surface area contributed by atoms with E-state index in [0.717, 1.165) is 27.7 Å². The van der Waals surface area contributed by atoms with E-state index in [-0.39, 0.29) is 18.0 Å². The summed E-state index contributed by atoms with van der Waals surface area (Å²) in [5.41, 5.74) is 0.616. The van der Waals surface area contributed by atoms with Crippen LogP contribution in [0.2, 0.25) is 0 Å². The summed E-state index contributed by atoms with van der Waals surface area (Å²) in [4.78, 5) is 25.5. The van der Waals surface area contributed by atoms with E-state index < -0.39 is 23.7 Å². The molecule has 0 aliphatic rings. The molecule has 164 valence electrons. The highest BCUT2D eigenvalue weighted by Crippen LogP contribution is 2.36. The molecule has 0 bridgehead atoms. The summed E-state index contributed by atoms with van der Waals surface area (Å²) < 4.78 is 45.1. The number of rotatable bonds is 6. The van der Waals surface area contributed by atoms with Crippen LogP contribution in [0.25, 0.3) is 10.3 Å². The highest BCUT2D eigenvalue weighted by Gasteiger charge is 2.36. The Morgan fingerprint density at radius 3 is 2.65 bits per heavy atom. The maximum atomic E-state index is 13.4. The van der Waals surface area contributed by atoms with Gasteiger partial charge < -0.3 is 20.8 Å². The highest BCUT2D eigenvalue weighted by atomic mass is 32.1. The number of ether oxygens (including phenoxy) is 1. The van der Waals surface area contributed by atoms with E-state index in [9.17, 15) is 18.0 Å². The van der Waals surface area contributed by atoms with Gasteiger partial charge in [0, 0.05) is 11.3 Å². The molecule has 0 aliphatic carbocycles. The Bertz CT molecular complexity index is 1150. The lowest BCUT2D eigenvalue weighted by Crippen LogP contribution is -2.21. The quantitative estimate of drug-likeness (QED) is 0.454. The van der Waals surface area contributed by atoms with E-state index in [0.29, 0.717) is 17.6 Å². The number of hydrogen-bond donors (Lipinski definition) is 3. The molecule has 3 rings (SSSR count). The highest BCUT2D eigenvalue weighted by molar-refractivity contribution is 7.18. The number of carbonyl (C=O) groups is 1. The van der Waals surface area contributed by atoms with Gasteiger partial charge in [-0.25, -0.2) is 19.7 Å². The Kier molecular flexibility index (Phi) is 6.39. The maximum absolute atomic E-state index is 13.4. The van der Waals surface area contributed by atoms with Crippen LogP contribution in [-0.2, 0) is 12.6 Å². The predicted molar refractivity (Wildman–Crippen MR) is 112 cm³/mol. The second-order valence-electron chi connectivity index (χ2n) is 6.61. The molecular weight excluding hydrogens is 433 g/mol. The third-order valence-electron chi connectivity index (χ3n) is 4.08. The summed E-state index contributed by atoms with van der Waals surface area (Å²) >= 11 is 1.43. The fraction of sp³-hybridized carbons (Fsp3) is 0.316. The van der Waals surface area contributed by atoms with Gasteiger partial charge in [-0.3, -0.25) is 0 Å². The molecule has 0 radical (unpaired) electrons. The first-order valence-corrected chi connectivity index (χ1v) is 9.97. The second kappa shape index (κ2) is 8.84. The Morgan fingerprint density at radius 1 is 1.26 bits per heavy atom. The van der Waals surface area contributed by atoms with Crippen LogP contribution in [0, 0.1) is 12.3 Å². The van der Waals surface area contributed by atoms with Gasteiger partial charge in [-0.1, -0.05) is 18.3 Å². The predicted octanol–water partition coefficient (Wildman–Crippen LogP) is 5.04. The van der Waals surface area contributed by atoms with Crippen LogP contribution in [-0.4, -0.2) is 33.3 Å². The molecule has 3 heterocycles. The van der Waals surface area contributed by atoms with E-state index in [2.05, 4.69) is 25.6 Å². The van der Waals surface area contributed by atoms with Gasteiger partial charge in [0.1, 0.15) is 22.5 Å². The molecule has 8 nitrogen and oxygen atoms in total. The van der Waals surface area contributed by atoms with Crippen LogP contribution in [0.5, 0.6) is 5.88 Å². The lowest BCUT2D eigenvalue weighted by atomic mass is 10.1. The number of amides is 2. The van der Waals surface area contributed by atoms with E-state index in [1.54, 1.807) is 0 Å². The van der Waals surface area contributed by atoms with Gasteiger partial charge in [-0.2, -0.15) is 13.2 Å². The topological polar surface area (TPSA) is 113 Å². The van der Waals surface area contributed by atoms with Gasteiger partial charge in [-0.05, 0) is 26.3 Å². The average molecular weight is 452 g/mol. The zero-order chi connectivity index (χ0) is 22.8. The fourth-order valence-electron chi connectivity index (χ4n) is 2.79. The largest absolute Gasteiger partial charge is 0.471 e. The Morgan fingerprint density at radius 2 is 2.00 bits per heavy atom. The monoisotopic (exact) mass is 452 g/mol. The van der Waals surface area contributed by atoms with Crippen molar-refractivity contribution in [1.82, 2.24) is 15.0 Å². The average Bonchev–Trinajstić information content (AvgIpc) is 3.06. The summed E-state index contributed by atoms with van der Waals surface area (Å²) in [6.45, 7) is 4.83. The van der Waals surface area contributed by atoms with Crippen molar-refractivity contribution in [2.24, 2.45) is 0 Å². The first-order chi connectivity index (χ1) is 14.6. The minimum atomic E-state index is -4.75. The van der Waals surface area contributed by atoms with Crippen molar-refractivity contribution in [2.45, 2.75) is 33.4 Å². The van der Waals surface area contributed by atoms with Crippen LogP contribution in [0.1, 0.15) is 30.0 Å². The molecule has 0 saturated heterocycles. The van der Waals surface area contributed by atoms with Crippen molar-refractivity contribution < 1.29 is 22.7 Å². The van der Waals surface area contributed by atoms with Crippen molar-refractivity contribution >= 4 is 44.8 Å². The number of alkyl halides is 3. The maximum Gasteiger partial charge on any atom is 0.421 e. The molecule has 0 spiro atoms. The normalized spacial score (nSPS) is 11.4. The number of aryl methyl sites for hydroxylation is 2. The molecular formula is C19H19F3N6O2S. The number of halogens is 3. The Balaban J connectivity index is 1.82. The van der Waals surface area contributed by atoms with Gasteiger partial charge in [0.05, 0.1) is 28.8 Å². The van der Waals surface area contributed by atoms with Gasteiger partial charge in [0.25, 0.3) is 0 Å². The smallest absolute Gasteiger partial charge is 0.421 e. The van der Waals surface area contributed by atoms with Crippen LogP contribution in [0.3, 0.4) is 0 Å². The van der Waals surface area contributed by atoms with Crippen molar-refractivity contribution in [3.8, 4) is 5.88 Å². The summed E-state index contributed by atoms with van der Waals surface area (Å²) in [6.07, 6.45) is -1.63. The summed E-state index contributed by atoms with van der Waals surface area (Å²) in [5.74, 6) is -0.660. The standard InChI is InChI=1S/C19H19F3N6O2S/c1-4-12-14(7-25-17-15(12)26-10(3)31-17)28-18(29)27-11-5-13(19(20,21)22)16(24-6-11)30-8-9(2)23/h5-7,23H,4,8H2,1-3H3,(H2,27,28,29). The summed E-state index contributed by atoms with van der Waals surface area (Å²) in [5, 5.41) is 13.1. The van der Waals surface area contributed by atoms with Crippen LogP contribution >= 0.6 is 11.3 Å². The molecule has 0 aliphatic heterocycles. The molecule has 3 aromatic heterocycles. The molecule has 0 aromatic carbocycles. The lowest BCUT2D eigenvalue weighted by molar-refractivity contribution is -0.139. The second-order valence-corrected chi connectivity index (χ2v) is 7.79. The number of carbonyl (C=O) groups excluding carboxylic acids is 1. The first-order valence-electron chi connectivity index (χ1n) is 9.15. The summed E-state index contributed by atoms with van der Waals surface area (Å²) in [7, 11) is 0. The summed E-state index contributed by atoms with van der Waals surface area (Å²) in [6, 6.07) is -0.0191. The molecule has 2 amide bonds. The molecule has 12 heteroatoms. The Labute approximate surface area is 179 Å². The molecule has 31 heavy (non-hydrogen) atoms. The van der Waals surface area contributed by atoms with Gasteiger partial charge >= 0.3 is 12.2 Å². The minimum absolute atomic E-state index is 0.0455. The van der Waals surface area contributed by atoms with Crippen LogP contribution in [0.15, 0.2) is 18.5 Å².